The maximum atomic E-state index is 11.8. The first-order valence-corrected chi connectivity index (χ1v) is 6.55. The van der Waals surface area contributed by atoms with Crippen molar-refractivity contribution in [1.29, 1.82) is 0 Å². The molecule has 0 heterocycles. The van der Waals surface area contributed by atoms with E-state index in [2.05, 4.69) is 10.1 Å². The fraction of sp³-hybridized carbons (Fsp3) is 0.0588. The van der Waals surface area contributed by atoms with Crippen molar-refractivity contribution in [2.45, 2.75) is 0 Å². The lowest BCUT2D eigenvalue weighted by atomic mass is 10.2. The second kappa shape index (κ2) is 7.08. The molecule has 0 bridgehead atoms. The van der Waals surface area contributed by atoms with Gasteiger partial charge in [0, 0.05) is 11.8 Å². The van der Waals surface area contributed by atoms with Gasteiger partial charge in [-0.25, -0.2) is 4.79 Å². The molecule has 0 aliphatic heterocycles. The normalized spacial score (nSPS) is 10.4. The molecule has 2 aromatic carbocycles. The number of nitrogens with one attached hydrogen (secondary N) is 1. The Morgan fingerprint density at radius 1 is 1.05 bits per heavy atom. The van der Waals surface area contributed by atoms with Crippen molar-refractivity contribution in [2.75, 3.05) is 12.4 Å². The largest absolute Gasteiger partial charge is 0.508 e. The predicted molar refractivity (Wildman–Crippen MR) is 83.6 cm³/mol. The van der Waals surface area contributed by atoms with Crippen molar-refractivity contribution in [3.63, 3.8) is 0 Å². The fourth-order valence-electron chi connectivity index (χ4n) is 1.75. The summed E-state index contributed by atoms with van der Waals surface area (Å²) in [6, 6.07) is 12.9. The van der Waals surface area contributed by atoms with Crippen LogP contribution in [-0.4, -0.2) is 24.1 Å². The molecule has 0 radical (unpaired) electrons. The van der Waals surface area contributed by atoms with Crippen LogP contribution in [0.25, 0.3) is 6.08 Å². The Morgan fingerprint density at radius 3 is 2.27 bits per heavy atom. The Kier molecular flexibility index (Phi) is 4.93. The van der Waals surface area contributed by atoms with Gasteiger partial charge in [-0.05, 0) is 48.0 Å². The molecule has 112 valence electrons. The predicted octanol–water partition coefficient (Wildman–Crippen LogP) is 2.83. The van der Waals surface area contributed by atoms with Gasteiger partial charge in [0.25, 0.3) is 0 Å². The summed E-state index contributed by atoms with van der Waals surface area (Å²) in [5, 5.41) is 11.9. The van der Waals surface area contributed by atoms with Crippen LogP contribution in [0.3, 0.4) is 0 Å². The van der Waals surface area contributed by atoms with E-state index >= 15 is 0 Å². The molecule has 5 nitrogen and oxygen atoms in total. The first-order valence-electron chi connectivity index (χ1n) is 6.55. The van der Waals surface area contributed by atoms with E-state index in [1.165, 1.54) is 13.2 Å². The van der Waals surface area contributed by atoms with E-state index < -0.39 is 5.97 Å². The van der Waals surface area contributed by atoms with Crippen LogP contribution in [0, 0.1) is 0 Å². The average Bonchev–Trinajstić information content (AvgIpc) is 2.54. The Morgan fingerprint density at radius 2 is 1.68 bits per heavy atom. The Hall–Kier alpha value is -3.08. The number of hydrogen-bond acceptors (Lipinski definition) is 4. The van der Waals surface area contributed by atoms with Crippen LogP contribution < -0.4 is 5.32 Å². The van der Waals surface area contributed by atoms with Gasteiger partial charge in [-0.3, -0.25) is 4.79 Å². The molecule has 2 aromatic rings. The Labute approximate surface area is 127 Å². The highest BCUT2D eigenvalue weighted by Gasteiger charge is 2.05. The summed E-state index contributed by atoms with van der Waals surface area (Å²) in [6.45, 7) is 0. The van der Waals surface area contributed by atoms with Crippen LogP contribution >= 0.6 is 0 Å². The number of carbonyl (C=O) groups is 2. The van der Waals surface area contributed by atoms with Crippen molar-refractivity contribution in [3.8, 4) is 5.75 Å². The number of esters is 1. The summed E-state index contributed by atoms with van der Waals surface area (Å²) < 4.78 is 4.60. The molecule has 0 aliphatic carbocycles. The highest BCUT2D eigenvalue weighted by atomic mass is 16.5. The lowest BCUT2D eigenvalue weighted by Gasteiger charge is -2.03. The summed E-state index contributed by atoms with van der Waals surface area (Å²) in [5.74, 6) is -0.545. The Balaban J connectivity index is 1.97. The lowest BCUT2D eigenvalue weighted by molar-refractivity contribution is -0.111. The van der Waals surface area contributed by atoms with Gasteiger partial charge in [0.15, 0.2) is 0 Å². The van der Waals surface area contributed by atoms with Crippen LogP contribution in [-0.2, 0) is 9.53 Å². The average molecular weight is 297 g/mol. The number of amides is 1. The Bertz CT molecular complexity index is 688. The van der Waals surface area contributed by atoms with Crippen molar-refractivity contribution < 1.29 is 19.4 Å². The molecule has 0 fully saturated rings. The minimum Gasteiger partial charge on any atom is -0.508 e. The van der Waals surface area contributed by atoms with Gasteiger partial charge in [0.2, 0.25) is 5.91 Å². The van der Waals surface area contributed by atoms with Gasteiger partial charge in [0.05, 0.1) is 12.7 Å². The molecule has 2 N–H and O–H groups in total. The molecule has 0 aromatic heterocycles. The monoisotopic (exact) mass is 297 g/mol. The number of benzene rings is 2. The van der Waals surface area contributed by atoms with E-state index in [0.717, 1.165) is 5.56 Å². The van der Waals surface area contributed by atoms with Gasteiger partial charge in [-0.1, -0.05) is 12.1 Å². The maximum absolute atomic E-state index is 11.8. The number of phenols is 1. The van der Waals surface area contributed by atoms with Gasteiger partial charge in [0.1, 0.15) is 5.75 Å². The molecule has 0 unspecified atom stereocenters. The fourth-order valence-corrected chi connectivity index (χ4v) is 1.75. The van der Waals surface area contributed by atoms with Crippen LogP contribution in [0.5, 0.6) is 5.75 Å². The van der Waals surface area contributed by atoms with Crippen LogP contribution in [0.15, 0.2) is 54.6 Å². The number of ether oxygens (including phenoxy) is 1. The van der Waals surface area contributed by atoms with Crippen LogP contribution in [0.4, 0.5) is 5.69 Å². The number of carbonyl (C=O) groups excluding carboxylic acids is 2. The van der Waals surface area contributed by atoms with Crippen LogP contribution in [0.1, 0.15) is 15.9 Å². The van der Waals surface area contributed by atoms with E-state index in [4.69, 9.17) is 0 Å². The third-order valence-corrected chi connectivity index (χ3v) is 2.89. The minimum absolute atomic E-state index is 0.173. The molecule has 0 spiro atoms. The quantitative estimate of drug-likeness (QED) is 0.672. The standard InChI is InChI=1S/C17H15NO4/c1-22-17(21)13-5-7-14(8-6-13)18-16(20)11-4-12-2-9-15(19)10-3-12/h2-11,19H,1H3,(H,18,20)/b11-4+. The highest BCUT2D eigenvalue weighted by molar-refractivity contribution is 6.02. The highest BCUT2D eigenvalue weighted by Crippen LogP contribution is 2.12. The van der Waals surface area contributed by atoms with Gasteiger partial charge in [-0.2, -0.15) is 0 Å². The maximum Gasteiger partial charge on any atom is 0.337 e. The van der Waals surface area contributed by atoms with E-state index in [0.29, 0.717) is 11.3 Å². The zero-order chi connectivity index (χ0) is 15.9. The summed E-state index contributed by atoms with van der Waals surface area (Å²) in [7, 11) is 1.31. The number of anilines is 1. The SMILES string of the molecule is COC(=O)c1ccc(NC(=O)/C=C/c2ccc(O)cc2)cc1. The summed E-state index contributed by atoms with van der Waals surface area (Å²) >= 11 is 0. The van der Waals surface area contributed by atoms with Crippen molar-refractivity contribution >= 4 is 23.6 Å². The number of methoxy groups -OCH3 is 1. The van der Waals surface area contributed by atoms with Gasteiger partial charge in [-0.15, -0.1) is 0 Å². The molecule has 22 heavy (non-hydrogen) atoms. The smallest absolute Gasteiger partial charge is 0.337 e. The summed E-state index contributed by atoms with van der Waals surface area (Å²) in [6.07, 6.45) is 3.03. The zero-order valence-corrected chi connectivity index (χ0v) is 11.9. The molecule has 0 atom stereocenters. The van der Waals surface area contributed by atoms with Gasteiger partial charge < -0.3 is 15.2 Å². The first kappa shape index (κ1) is 15.3. The second-order valence-corrected chi connectivity index (χ2v) is 4.48. The third-order valence-electron chi connectivity index (χ3n) is 2.89. The summed E-state index contributed by atoms with van der Waals surface area (Å²) in [5.41, 5.74) is 1.79. The third kappa shape index (κ3) is 4.21. The topological polar surface area (TPSA) is 75.6 Å². The number of rotatable bonds is 4. The van der Waals surface area contributed by atoms with E-state index in [-0.39, 0.29) is 11.7 Å². The minimum atomic E-state index is -0.426. The molecule has 2 rings (SSSR count). The van der Waals surface area contributed by atoms with E-state index in [1.54, 1.807) is 54.6 Å². The van der Waals surface area contributed by atoms with Crippen molar-refractivity contribution in [2.24, 2.45) is 0 Å². The second-order valence-electron chi connectivity index (χ2n) is 4.48. The molecule has 0 saturated carbocycles. The number of aromatic hydroxyl groups is 1. The van der Waals surface area contributed by atoms with E-state index in [1.807, 2.05) is 0 Å². The molecular weight excluding hydrogens is 282 g/mol. The van der Waals surface area contributed by atoms with Gasteiger partial charge >= 0.3 is 5.97 Å². The molecular formula is C17H15NO4. The van der Waals surface area contributed by atoms with E-state index in [9.17, 15) is 14.7 Å². The molecule has 0 saturated heterocycles. The molecule has 5 heteroatoms. The number of hydrogen-bond donors (Lipinski definition) is 2. The first-order chi connectivity index (χ1) is 10.6. The lowest BCUT2D eigenvalue weighted by Crippen LogP contribution is -2.08. The molecule has 0 aliphatic rings. The van der Waals surface area contributed by atoms with Crippen molar-refractivity contribution in [3.05, 3.63) is 65.7 Å². The summed E-state index contributed by atoms with van der Waals surface area (Å²) in [4.78, 5) is 23.1. The van der Waals surface area contributed by atoms with Crippen LogP contribution in [0.2, 0.25) is 0 Å². The van der Waals surface area contributed by atoms with Crippen molar-refractivity contribution in [1.82, 2.24) is 0 Å². The zero-order valence-electron chi connectivity index (χ0n) is 11.9. The number of phenolic OH excluding ortho intramolecular Hbond substituents is 1. The molecule has 1 amide bonds.